The molecule has 3 aromatic rings. The summed E-state index contributed by atoms with van der Waals surface area (Å²) >= 11 is 1.67. The fourth-order valence-corrected chi connectivity index (χ4v) is 5.28. The zero-order chi connectivity index (χ0) is 21.4. The van der Waals surface area contributed by atoms with Gasteiger partial charge in [-0.2, -0.15) is 0 Å². The largest absolute Gasteiger partial charge is 0.388 e. The third kappa shape index (κ3) is 3.38. The lowest BCUT2D eigenvalue weighted by Crippen LogP contribution is -2.20. The normalized spacial score (nSPS) is 13.5. The van der Waals surface area contributed by atoms with Gasteiger partial charge in [0.1, 0.15) is 0 Å². The number of unbranched alkanes of at least 4 members (excludes halogenated alkanes) is 2. The van der Waals surface area contributed by atoms with E-state index < -0.39 is 6.10 Å². The Morgan fingerprint density at radius 3 is 2.70 bits per heavy atom. The van der Waals surface area contributed by atoms with Gasteiger partial charge in [-0.15, -0.1) is 11.8 Å². The van der Waals surface area contributed by atoms with Crippen molar-refractivity contribution in [1.82, 2.24) is 9.55 Å². The van der Waals surface area contributed by atoms with Gasteiger partial charge in [0.15, 0.2) is 0 Å². The van der Waals surface area contributed by atoms with E-state index in [1.807, 2.05) is 30.5 Å². The van der Waals surface area contributed by atoms with Crippen LogP contribution >= 0.6 is 11.8 Å². The minimum absolute atomic E-state index is 0.0627. The number of aryl methyl sites for hydroxylation is 2. The molecule has 30 heavy (non-hydrogen) atoms. The van der Waals surface area contributed by atoms with Crippen LogP contribution in [0.1, 0.15) is 67.9 Å². The number of rotatable bonds is 7. The van der Waals surface area contributed by atoms with E-state index in [2.05, 4.69) is 25.3 Å². The number of benzene rings is 1. The molecule has 0 spiro atoms. The first-order valence-corrected chi connectivity index (χ1v) is 12.1. The second-order valence-electron chi connectivity index (χ2n) is 8.17. The molecule has 0 fully saturated rings. The quantitative estimate of drug-likeness (QED) is 0.310. The fraction of sp³-hybridized carbons (Fsp3) is 0.440. The van der Waals surface area contributed by atoms with Gasteiger partial charge in [0.2, 0.25) is 0 Å². The molecule has 158 valence electrons. The first kappa shape index (κ1) is 21.1. The van der Waals surface area contributed by atoms with Crippen LogP contribution in [-0.4, -0.2) is 20.9 Å². The van der Waals surface area contributed by atoms with E-state index in [0.29, 0.717) is 13.0 Å². The average Bonchev–Trinajstić information content (AvgIpc) is 3.13. The van der Waals surface area contributed by atoms with E-state index in [9.17, 15) is 9.90 Å². The molecule has 1 aliphatic heterocycles. The molecule has 0 aliphatic carbocycles. The maximum atomic E-state index is 12.8. The van der Waals surface area contributed by atoms with Crippen molar-refractivity contribution in [3.8, 4) is 11.4 Å². The van der Waals surface area contributed by atoms with Crippen LogP contribution in [0.25, 0.3) is 22.3 Å². The highest BCUT2D eigenvalue weighted by Gasteiger charge is 2.28. The second-order valence-corrected chi connectivity index (χ2v) is 9.02. The standard InChI is InChI=1S/C25H30N2O2S/c1-5-7-8-9-16-17-14-27-19(12-10-15(3)25(27)29)24(17)26-18-11-13-21(30-4)23(22(16)18)20(28)6-2/h10-13,20,28H,5-9,14H2,1-4H3. The van der Waals surface area contributed by atoms with Crippen molar-refractivity contribution in [2.24, 2.45) is 0 Å². The van der Waals surface area contributed by atoms with Crippen LogP contribution in [0.3, 0.4) is 0 Å². The van der Waals surface area contributed by atoms with E-state index in [0.717, 1.165) is 63.1 Å². The van der Waals surface area contributed by atoms with Gasteiger partial charge in [-0.05, 0) is 56.2 Å². The van der Waals surface area contributed by atoms with Gasteiger partial charge in [0.25, 0.3) is 5.56 Å². The maximum Gasteiger partial charge on any atom is 0.254 e. The van der Waals surface area contributed by atoms with Gasteiger partial charge in [-0.1, -0.05) is 32.8 Å². The van der Waals surface area contributed by atoms with E-state index in [4.69, 9.17) is 4.98 Å². The number of aliphatic hydroxyl groups excluding tert-OH is 1. The first-order valence-electron chi connectivity index (χ1n) is 10.9. The lowest BCUT2D eigenvalue weighted by Gasteiger charge is -2.20. The van der Waals surface area contributed by atoms with Gasteiger partial charge in [0.05, 0.1) is 29.6 Å². The Hall–Kier alpha value is -2.11. The Balaban J connectivity index is 2.04. The molecule has 0 saturated carbocycles. The molecule has 1 N–H and O–H groups in total. The Morgan fingerprint density at radius 2 is 2.00 bits per heavy atom. The Morgan fingerprint density at radius 1 is 1.20 bits per heavy atom. The summed E-state index contributed by atoms with van der Waals surface area (Å²) in [7, 11) is 0. The molecule has 0 amide bonds. The Kier molecular flexibility index (Phi) is 6.03. The molecule has 0 radical (unpaired) electrons. The minimum Gasteiger partial charge on any atom is -0.388 e. The summed E-state index contributed by atoms with van der Waals surface area (Å²) in [6, 6.07) is 8.07. The fourth-order valence-electron chi connectivity index (χ4n) is 4.61. The zero-order valence-corrected chi connectivity index (χ0v) is 19.1. The lowest BCUT2D eigenvalue weighted by molar-refractivity contribution is 0.172. The third-order valence-corrected chi connectivity index (χ3v) is 7.06. The smallest absolute Gasteiger partial charge is 0.254 e. The van der Waals surface area contributed by atoms with Crippen LogP contribution in [0.5, 0.6) is 0 Å². The van der Waals surface area contributed by atoms with Gasteiger partial charge in [-0.3, -0.25) is 4.79 Å². The molecular weight excluding hydrogens is 392 g/mol. The van der Waals surface area contributed by atoms with Gasteiger partial charge >= 0.3 is 0 Å². The molecule has 2 aromatic heterocycles. The lowest BCUT2D eigenvalue weighted by atomic mass is 9.91. The number of hydrogen-bond acceptors (Lipinski definition) is 4. The number of nitrogens with zero attached hydrogens (tertiary/aromatic N) is 2. The number of hydrogen-bond donors (Lipinski definition) is 1. The van der Waals surface area contributed by atoms with Crippen LogP contribution in [0.2, 0.25) is 0 Å². The van der Waals surface area contributed by atoms with Gasteiger partial charge in [-0.25, -0.2) is 4.98 Å². The topological polar surface area (TPSA) is 55.1 Å². The summed E-state index contributed by atoms with van der Waals surface area (Å²) in [5.74, 6) is 0. The monoisotopic (exact) mass is 422 g/mol. The van der Waals surface area contributed by atoms with Crippen molar-refractivity contribution in [2.75, 3.05) is 6.26 Å². The average molecular weight is 423 g/mol. The van der Waals surface area contributed by atoms with Crippen molar-refractivity contribution in [3.63, 3.8) is 0 Å². The summed E-state index contributed by atoms with van der Waals surface area (Å²) in [4.78, 5) is 18.9. The van der Waals surface area contributed by atoms with Gasteiger partial charge in [0, 0.05) is 27.0 Å². The number of aliphatic hydroxyl groups is 1. The molecule has 0 bridgehead atoms. The van der Waals surface area contributed by atoms with Crippen molar-refractivity contribution >= 4 is 22.7 Å². The summed E-state index contributed by atoms with van der Waals surface area (Å²) in [5.41, 5.74) is 7.01. The minimum atomic E-state index is -0.519. The highest BCUT2D eigenvalue weighted by molar-refractivity contribution is 7.98. The predicted octanol–water partition coefficient (Wildman–Crippen LogP) is 5.63. The predicted molar refractivity (Wildman–Crippen MR) is 126 cm³/mol. The van der Waals surface area contributed by atoms with Crippen LogP contribution < -0.4 is 5.56 Å². The summed E-state index contributed by atoms with van der Waals surface area (Å²) in [6.45, 7) is 6.67. The first-order chi connectivity index (χ1) is 14.5. The molecule has 1 aliphatic rings. The van der Waals surface area contributed by atoms with E-state index in [1.165, 1.54) is 12.0 Å². The zero-order valence-electron chi connectivity index (χ0n) is 18.3. The molecule has 1 unspecified atom stereocenters. The van der Waals surface area contributed by atoms with Crippen molar-refractivity contribution in [1.29, 1.82) is 0 Å². The van der Waals surface area contributed by atoms with Crippen molar-refractivity contribution in [3.05, 3.63) is 56.9 Å². The molecule has 4 rings (SSSR count). The van der Waals surface area contributed by atoms with Crippen LogP contribution in [0.4, 0.5) is 0 Å². The van der Waals surface area contributed by atoms with E-state index in [1.54, 1.807) is 11.8 Å². The molecule has 1 atom stereocenters. The molecule has 1 aromatic carbocycles. The molecule has 0 saturated heterocycles. The molecule has 3 heterocycles. The molecule has 5 heteroatoms. The van der Waals surface area contributed by atoms with Gasteiger partial charge < -0.3 is 9.67 Å². The Labute approximate surface area is 182 Å². The third-order valence-electron chi connectivity index (χ3n) is 6.26. The van der Waals surface area contributed by atoms with Crippen LogP contribution in [0, 0.1) is 6.92 Å². The molecule has 4 nitrogen and oxygen atoms in total. The highest BCUT2D eigenvalue weighted by Crippen LogP contribution is 2.41. The summed E-state index contributed by atoms with van der Waals surface area (Å²) in [5, 5.41) is 12.0. The van der Waals surface area contributed by atoms with Crippen LogP contribution in [0.15, 0.2) is 34.0 Å². The van der Waals surface area contributed by atoms with E-state index in [-0.39, 0.29) is 5.56 Å². The Bertz CT molecular complexity index is 1170. The number of thioether (sulfide) groups is 1. The highest BCUT2D eigenvalue weighted by atomic mass is 32.2. The number of aromatic nitrogens is 2. The maximum absolute atomic E-state index is 12.8. The van der Waals surface area contributed by atoms with E-state index >= 15 is 0 Å². The number of pyridine rings is 2. The SMILES string of the molecule is CCCCCc1c2c(nc3ccc(SC)c(C(O)CC)c13)-c1ccc(C)c(=O)n1C2. The number of fused-ring (bicyclic) bond motifs is 4. The molecular formula is C25H30N2O2S. The van der Waals surface area contributed by atoms with Crippen molar-refractivity contribution in [2.45, 2.75) is 70.4 Å². The summed E-state index contributed by atoms with van der Waals surface area (Å²) < 4.78 is 1.86. The summed E-state index contributed by atoms with van der Waals surface area (Å²) in [6.07, 6.45) is 6.56. The van der Waals surface area contributed by atoms with Crippen molar-refractivity contribution < 1.29 is 5.11 Å². The van der Waals surface area contributed by atoms with Crippen LogP contribution in [-0.2, 0) is 13.0 Å². The second kappa shape index (κ2) is 8.56.